The van der Waals surface area contributed by atoms with E-state index in [0.29, 0.717) is 42.6 Å². The van der Waals surface area contributed by atoms with Crippen LogP contribution in [0.1, 0.15) is 100 Å². The molecule has 7 heteroatoms. The minimum Gasteiger partial charge on any atom is -0.506 e. The molecule has 4 aromatic rings. The van der Waals surface area contributed by atoms with Crippen LogP contribution in [-0.4, -0.2) is 42.1 Å². The number of aryl methyl sites for hydroxylation is 4. The van der Waals surface area contributed by atoms with Gasteiger partial charge < -0.3 is 24.1 Å². The maximum absolute atomic E-state index is 12.8. The summed E-state index contributed by atoms with van der Waals surface area (Å²) in [6.45, 7) is 13.9. The first-order valence-corrected chi connectivity index (χ1v) is 17.7. The number of hydrogen-bond acceptors (Lipinski definition) is 7. The van der Waals surface area contributed by atoms with Crippen LogP contribution < -0.4 is 18.9 Å². The predicted molar refractivity (Wildman–Crippen MR) is 208 cm³/mol. The SMILES string of the molecule is COc1cc(CCC(=O)c2ccc3c(c2C)C=CC(C)(C)O3)ccc1C.COc1cc(CCC(=O)c2ccc3c(c2O)C=CC(C)(C)O3)ccc1C. The quantitative estimate of drug-likeness (QED) is 0.165. The molecule has 272 valence electrons. The van der Waals surface area contributed by atoms with Gasteiger partial charge in [-0.05, 0) is 144 Å². The summed E-state index contributed by atoms with van der Waals surface area (Å²) in [5.74, 6) is 3.16. The second-order valence-corrected chi connectivity index (χ2v) is 14.6. The van der Waals surface area contributed by atoms with Crippen LogP contribution in [0.4, 0.5) is 0 Å². The molecule has 0 unspecified atom stereocenters. The van der Waals surface area contributed by atoms with Crippen LogP contribution in [0.5, 0.6) is 28.7 Å². The maximum atomic E-state index is 12.8. The van der Waals surface area contributed by atoms with Crippen molar-refractivity contribution >= 4 is 23.7 Å². The van der Waals surface area contributed by atoms with Crippen molar-refractivity contribution in [2.24, 2.45) is 0 Å². The van der Waals surface area contributed by atoms with Gasteiger partial charge in [0.25, 0.3) is 0 Å². The van der Waals surface area contributed by atoms with E-state index in [0.717, 1.165) is 56.2 Å². The Morgan fingerprint density at radius 1 is 0.635 bits per heavy atom. The molecule has 0 saturated heterocycles. The van der Waals surface area contributed by atoms with Gasteiger partial charge in [0, 0.05) is 24.0 Å². The van der Waals surface area contributed by atoms with Crippen LogP contribution >= 0.6 is 0 Å². The van der Waals surface area contributed by atoms with Gasteiger partial charge in [0.15, 0.2) is 11.6 Å². The average molecular weight is 703 g/mol. The van der Waals surface area contributed by atoms with Gasteiger partial charge in [-0.3, -0.25) is 9.59 Å². The number of carbonyl (C=O) groups is 2. The lowest BCUT2D eigenvalue weighted by Gasteiger charge is -2.29. The van der Waals surface area contributed by atoms with Gasteiger partial charge in [-0.25, -0.2) is 0 Å². The van der Waals surface area contributed by atoms with Crippen molar-refractivity contribution in [2.75, 3.05) is 14.2 Å². The van der Waals surface area contributed by atoms with E-state index in [1.165, 1.54) is 0 Å². The third-order valence-corrected chi connectivity index (χ3v) is 9.53. The van der Waals surface area contributed by atoms with Gasteiger partial charge in [0.05, 0.1) is 25.3 Å². The fourth-order valence-electron chi connectivity index (χ4n) is 6.39. The molecule has 2 aliphatic rings. The highest BCUT2D eigenvalue weighted by Crippen LogP contribution is 2.39. The van der Waals surface area contributed by atoms with Crippen LogP contribution in [0.2, 0.25) is 0 Å². The number of phenolic OH excluding ortho intramolecular Hbond substituents is 1. The predicted octanol–water partition coefficient (Wildman–Crippen LogP) is 10.0. The molecular formula is C45H50O7. The first kappa shape index (κ1) is 37.9. The molecule has 4 aromatic carbocycles. The second-order valence-electron chi connectivity index (χ2n) is 14.6. The first-order chi connectivity index (χ1) is 24.6. The zero-order chi connectivity index (χ0) is 37.8. The Kier molecular flexibility index (Phi) is 11.3. The maximum Gasteiger partial charge on any atom is 0.166 e. The van der Waals surface area contributed by atoms with Crippen LogP contribution in [0, 0.1) is 20.8 Å². The molecular weight excluding hydrogens is 652 g/mol. The smallest absolute Gasteiger partial charge is 0.166 e. The fraction of sp³-hybridized carbons (Fsp3) is 0.333. The summed E-state index contributed by atoms with van der Waals surface area (Å²) in [6.07, 6.45) is 9.87. The number of Topliss-reactive ketones (excluding diaryl/α,β-unsaturated/α-hetero) is 2. The van der Waals surface area contributed by atoms with E-state index in [4.69, 9.17) is 18.9 Å². The molecule has 1 N–H and O–H groups in total. The summed E-state index contributed by atoms with van der Waals surface area (Å²) in [7, 11) is 3.31. The molecule has 0 radical (unpaired) electrons. The highest BCUT2D eigenvalue weighted by atomic mass is 16.5. The topological polar surface area (TPSA) is 91.3 Å². The number of benzene rings is 4. The zero-order valence-electron chi connectivity index (χ0n) is 31.8. The highest BCUT2D eigenvalue weighted by molar-refractivity contribution is 6.00. The zero-order valence-corrected chi connectivity index (χ0v) is 31.8. The molecule has 52 heavy (non-hydrogen) atoms. The molecule has 0 fully saturated rings. The molecule has 0 saturated carbocycles. The van der Waals surface area contributed by atoms with Crippen molar-refractivity contribution in [2.45, 2.75) is 85.4 Å². The van der Waals surface area contributed by atoms with Crippen molar-refractivity contribution < 1.29 is 33.6 Å². The number of ether oxygens (including phenoxy) is 4. The molecule has 0 bridgehead atoms. The minimum absolute atomic E-state index is 0.0132. The molecule has 7 nitrogen and oxygen atoms in total. The van der Waals surface area contributed by atoms with Gasteiger partial charge in [-0.2, -0.15) is 0 Å². The monoisotopic (exact) mass is 702 g/mol. The number of ketones is 2. The molecule has 0 spiro atoms. The van der Waals surface area contributed by atoms with E-state index in [1.54, 1.807) is 26.4 Å². The number of rotatable bonds is 10. The van der Waals surface area contributed by atoms with Crippen molar-refractivity contribution in [3.63, 3.8) is 0 Å². The lowest BCUT2D eigenvalue weighted by Crippen LogP contribution is -2.27. The third kappa shape index (κ3) is 8.76. The molecule has 0 atom stereocenters. The van der Waals surface area contributed by atoms with E-state index < -0.39 is 5.60 Å². The molecule has 0 aromatic heterocycles. The lowest BCUT2D eigenvalue weighted by atomic mass is 9.92. The summed E-state index contributed by atoms with van der Waals surface area (Å²) in [5, 5.41) is 10.5. The minimum atomic E-state index is -0.421. The van der Waals surface area contributed by atoms with Crippen LogP contribution in [-0.2, 0) is 12.8 Å². The van der Waals surface area contributed by atoms with Crippen molar-refractivity contribution in [1.82, 2.24) is 0 Å². The molecule has 2 heterocycles. The Hall–Kier alpha value is -5.30. The summed E-state index contributed by atoms with van der Waals surface area (Å²) in [4.78, 5) is 25.4. The van der Waals surface area contributed by atoms with Crippen LogP contribution in [0.15, 0.2) is 72.8 Å². The van der Waals surface area contributed by atoms with Crippen LogP contribution in [0.25, 0.3) is 12.2 Å². The summed E-state index contributed by atoms with van der Waals surface area (Å²) in [6, 6.07) is 19.2. The van der Waals surface area contributed by atoms with E-state index in [2.05, 4.69) is 12.1 Å². The van der Waals surface area contributed by atoms with Crippen LogP contribution in [0.3, 0.4) is 0 Å². The van der Waals surface area contributed by atoms with E-state index in [1.807, 2.05) is 109 Å². The first-order valence-electron chi connectivity index (χ1n) is 17.7. The largest absolute Gasteiger partial charge is 0.506 e. The summed E-state index contributed by atoms with van der Waals surface area (Å²) in [5.41, 5.74) is 7.23. The van der Waals surface area contributed by atoms with E-state index in [9.17, 15) is 14.7 Å². The summed E-state index contributed by atoms with van der Waals surface area (Å²) >= 11 is 0. The van der Waals surface area contributed by atoms with Crippen molar-refractivity contribution in [3.05, 3.63) is 123 Å². The average Bonchev–Trinajstić information content (AvgIpc) is 3.10. The van der Waals surface area contributed by atoms with Gasteiger partial charge in [0.2, 0.25) is 0 Å². The van der Waals surface area contributed by atoms with Gasteiger partial charge in [0.1, 0.15) is 39.9 Å². The highest BCUT2D eigenvalue weighted by Gasteiger charge is 2.26. The fourth-order valence-corrected chi connectivity index (χ4v) is 6.39. The summed E-state index contributed by atoms with van der Waals surface area (Å²) < 4.78 is 22.5. The Bertz CT molecular complexity index is 1900. The Morgan fingerprint density at radius 2 is 1.08 bits per heavy atom. The number of phenols is 1. The van der Waals surface area contributed by atoms with Gasteiger partial charge in [-0.1, -0.05) is 30.3 Å². The Balaban J connectivity index is 0.000000201. The number of methoxy groups -OCH3 is 2. The molecule has 6 rings (SSSR count). The number of fused-ring (bicyclic) bond motifs is 2. The lowest BCUT2D eigenvalue weighted by molar-refractivity contribution is 0.0972. The van der Waals surface area contributed by atoms with Crippen molar-refractivity contribution in [1.29, 1.82) is 0 Å². The van der Waals surface area contributed by atoms with Gasteiger partial charge in [-0.15, -0.1) is 0 Å². The third-order valence-electron chi connectivity index (χ3n) is 9.53. The normalized spacial score (nSPS) is 14.5. The Morgan fingerprint density at radius 3 is 1.58 bits per heavy atom. The van der Waals surface area contributed by atoms with Crippen molar-refractivity contribution in [3.8, 4) is 28.7 Å². The van der Waals surface area contributed by atoms with E-state index >= 15 is 0 Å². The molecule has 2 aliphatic heterocycles. The molecule has 0 amide bonds. The standard InChI is InChI=1S/C23H26O3.C22H24O4/c1-15-6-7-17(14-22(15)25-5)8-10-20(24)18-9-11-21-19(16(18)2)12-13-23(3,4)26-21;1-14-5-6-15(13-20(14)25-4)7-9-18(23)16-8-10-19-17(21(16)24)11-12-22(2,3)26-19/h6-7,9,11-14H,8,10H2,1-5H3;5-6,8,10-13,24H,7,9H2,1-4H3. The van der Waals surface area contributed by atoms with E-state index in [-0.39, 0.29) is 22.9 Å². The number of carbonyl (C=O) groups excluding carboxylic acids is 2. The molecule has 0 aliphatic carbocycles. The second kappa shape index (κ2) is 15.5. The Labute approximate surface area is 307 Å². The number of aromatic hydroxyl groups is 1. The van der Waals surface area contributed by atoms with Gasteiger partial charge >= 0.3 is 0 Å². The number of hydrogen-bond donors (Lipinski definition) is 1.